The smallest absolute Gasteiger partial charge is 0.107 e. The molecule has 1 aliphatic heterocycles. The zero-order chi connectivity index (χ0) is 15.1. The second-order valence-corrected chi connectivity index (χ2v) is 8.91. The third-order valence-electron chi connectivity index (χ3n) is 5.13. The van der Waals surface area contributed by atoms with E-state index in [4.69, 9.17) is 4.98 Å². The average Bonchev–Trinajstić information content (AvgIpc) is 3.03. The number of hydrogen-bond donors (Lipinski definition) is 1. The van der Waals surface area contributed by atoms with Crippen molar-refractivity contribution in [1.29, 1.82) is 0 Å². The number of nitrogens with one attached hydrogen (secondary N) is 1. The lowest BCUT2D eigenvalue weighted by atomic mass is 9.91. The monoisotopic (exact) mass is 307 g/mol. The Morgan fingerprint density at radius 3 is 2.71 bits per heavy atom. The summed E-state index contributed by atoms with van der Waals surface area (Å²) in [6, 6.07) is 0.596. The Bertz CT molecular complexity index is 482. The summed E-state index contributed by atoms with van der Waals surface area (Å²) in [5.74, 6) is 0. The van der Waals surface area contributed by atoms with Gasteiger partial charge in [0.2, 0.25) is 0 Å². The molecule has 1 aliphatic carbocycles. The standard InChI is InChI=1S/C17H29N3S/c1-13-9-20(17(12-18-13)7-5-6-8-17)10-15-19-14(11-21-15)16(2,3)4/h11,13,18H,5-10,12H2,1-4H3. The molecule has 21 heavy (non-hydrogen) atoms. The van der Waals surface area contributed by atoms with Gasteiger partial charge in [0.05, 0.1) is 12.2 Å². The van der Waals surface area contributed by atoms with Crippen LogP contribution in [0.4, 0.5) is 0 Å². The Kier molecular flexibility index (Phi) is 4.15. The van der Waals surface area contributed by atoms with Crippen LogP contribution in [-0.4, -0.2) is 34.6 Å². The summed E-state index contributed by atoms with van der Waals surface area (Å²) in [7, 11) is 0. The lowest BCUT2D eigenvalue weighted by Crippen LogP contribution is -2.62. The SMILES string of the molecule is CC1CN(Cc2nc(C(C)(C)C)cs2)C2(CCCC2)CN1. The molecule has 1 saturated heterocycles. The molecule has 3 nitrogen and oxygen atoms in total. The van der Waals surface area contributed by atoms with Crippen LogP contribution in [0.2, 0.25) is 0 Å². The predicted molar refractivity (Wildman–Crippen MR) is 89.9 cm³/mol. The maximum atomic E-state index is 4.91. The molecule has 1 saturated carbocycles. The zero-order valence-corrected chi connectivity index (χ0v) is 14.7. The summed E-state index contributed by atoms with van der Waals surface area (Å²) in [6.45, 7) is 12.4. The molecule has 0 bridgehead atoms. The summed E-state index contributed by atoms with van der Waals surface area (Å²) in [6.07, 6.45) is 5.48. The number of aromatic nitrogens is 1. The van der Waals surface area contributed by atoms with Gasteiger partial charge in [-0.3, -0.25) is 4.90 Å². The van der Waals surface area contributed by atoms with Gasteiger partial charge in [0.25, 0.3) is 0 Å². The minimum Gasteiger partial charge on any atom is -0.311 e. The third-order valence-corrected chi connectivity index (χ3v) is 5.96. The van der Waals surface area contributed by atoms with Crippen LogP contribution in [0.15, 0.2) is 5.38 Å². The highest BCUT2D eigenvalue weighted by Gasteiger charge is 2.42. The molecule has 0 amide bonds. The molecule has 118 valence electrons. The minimum absolute atomic E-state index is 0.163. The molecule has 0 radical (unpaired) electrons. The van der Waals surface area contributed by atoms with Gasteiger partial charge in [-0.25, -0.2) is 4.98 Å². The van der Waals surface area contributed by atoms with Gasteiger partial charge in [-0.2, -0.15) is 0 Å². The lowest BCUT2D eigenvalue weighted by Gasteiger charge is -2.47. The van der Waals surface area contributed by atoms with E-state index in [0.29, 0.717) is 11.6 Å². The molecule has 1 aromatic rings. The summed E-state index contributed by atoms with van der Waals surface area (Å²) < 4.78 is 0. The Balaban J connectivity index is 1.76. The second kappa shape index (κ2) is 5.64. The van der Waals surface area contributed by atoms with Gasteiger partial charge in [-0.1, -0.05) is 33.6 Å². The first-order chi connectivity index (χ1) is 9.89. The van der Waals surface area contributed by atoms with Crippen molar-refractivity contribution in [1.82, 2.24) is 15.2 Å². The third kappa shape index (κ3) is 3.17. The fraction of sp³-hybridized carbons (Fsp3) is 0.824. The highest BCUT2D eigenvalue weighted by atomic mass is 32.1. The van der Waals surface area contributed by atoms with Crippen molar-refractivity contribution in [3.05, 3.63) is 16.1 Å². The molecule has 3 rings (SSSR count). The first-order valence-electron chi connectivity index (χ1n) is 8.32. The van der Waals surface area contributed by atoms with Gasteiger partial charge in [0.15, 0.2) is 0 Å². The number of thiazole rings is 1. The number of piperazine rings is 1. The van der Waals surface area contributed by atoms with Crippen LogP contribution in [0, 0.1) is 0 Å². The van der Waals surface area contributed by atoms with E-state index in [1.165, 1.54) is 36.4 Å². The van der Waals surface area contributed by atoms with E-state index >= 15 is 0 Å². The first kappa shape index (κ1) is 15.4. The van der Waals surface area contributed by atoms with Crippen molar-refractivity contribution in [2.24, 2.45) is 0 Å². The van der Waals surface area contributed by atoms with Crippen molar-refractivity contribution in [3.63, 3.8) is 0 Å². The van der Waals surface area contributed by atoms with Crippen LogP contribution in [0.25, 0.3) is 0 Å². The Morgan fingerprint density at radius 2 is 2.10 bits per heavy atom. The van der Waals surface area contributed by atoms with Crippen molar-refractivity contribution in [2.75, 3.05) is 13.1 Å². The summed E-state index contributed by atoms with van der Waals surface area (Å²) in [5, 5.41) is 7.25. The largest absolute Gasteiger partial charge is 0.311 e. The normalized spacial score (nSPS) is 26.6. The minimum atomic E-state index is 0.163. The van der Waals surface area contributed by atoms with E-state index in [1.54, 1.807) is 0 Å². The highest BCUT2D eigenvalue weighted by Crippen LogP contribution is 2.38. The van der Waals surface area contributed by atoms with Gasteiger partial charge >= 0.3 is 0 Å². The van der Waals surface area contributed by atoms with Crippen molar-refractivity contribution >= 4 is 11.3 Å². The molecule has 1 atom stereocenters. The number of nitrogens with zero attached hydrogens (tertiary/aromatic N) is 2. The van der Waals surface area contributed by atoms with Gasteiger partial charge < -0.3 is 5.32 Å². The summed E-state index contributed by atoms with van der Waals surface area (Å²) in [4.78, 5) is 7.64. The zero-order valence-electron chi connectivity index (χ0n) is 13.9. The van der Waals surface area contributed by atoms with Crippen molar-refractivity contribution in [2.45, 2.75) is 76.9 Å². The average molecular weight is 308 g/mol. The number of rotatable bonds is 2. The molecule has 2 aliphatic rings. The fourth-order valence-corrected chi connectivity index (χ4v) is 4.75. The summed E-state index contributed by atoms with van der Waals surface area (Å²) in [5.41, 5.74) is 1.81. The van der Waals surface area contributed by atoms with E-state index in [1.807, 2.05) is 11.3 Å². The lowest BCUT2D eigenvalue weighted by molar-refractivity contribution is 0.0391. The van der Waals surface area contributed by atoms with Crippen LogP contribution in [0.5, 0.6) is 0 Å². The molecular formula is C17H29N3S. The fourth-order valence-electron chi connectivity index (χ4n) is 3.71. The van der Waals surface area contributed by atoms with Crippen LogP contribution in [0.1, 0.15) is 64.1 Å². The van der Waals surface area contributed by atoms with Gasteiger partial charge in [0.1, 0.15) is 5.01 Å². The molecule has 2 heterocycles. The first-order valence-corrected chi connectivity index (χ1v) is 9.20. The van der Waals surface area contributed by atoms with E-state index in [0.717, 1.165) is 19.6 Å². The molecule has 0 aromatic carbocycles. The van der Waals surface area contributed by atoms with E-state index in [2.05, 4.69) is 43.3 Å². The molecular weight excluding hydrogens is 278 g/mol. The maximum absolute atomic E-state index is 4.91. The molecule has 4 heteroatoms. The van der Waals surface area contributed by atoms with E-state index in [9.17, 15) is 0 Å². The van der Waals surface area contributed by atoms with Gasteiger partial charge in [-0.15, -0.1) is 11.3 Å². The van der Waals surface area contributed by atoms with Crippen LogP contribution in [-0.2, 0) is 12.0 Å². The van der Waals surface area contributed by atoms with Crippen LogP contribution < -0.4 is 5.32 Å². The summed E-state index contributed by atoms with van der Waals surface area (Å²) >= 11 is 1.84. The van der Waals surface area contributed by atoms with E-state index < -0.39 is 0 Å². The highest BCUT2D eigenvalue weighted by molar-refractivity contribution is 7.09. The van der Waals surface area contributed by atoms with Crippen molar-refractivity contribution in [3.8, 4) is 0 Å². The quantitative estimate of drug-likeness (QED) is 0.905. The van der Waals surface area contributed by atoms with Crippen LogP contribution >= 0.6 is 11.3 Å². The molecule has 1 unspecified atom stereocenters. The molecule has 2 fully saturated rings. The van der Waals surface area contributed by atoms with Crippen LogP contribution in [0.3, 0.4) is 0 Å². The predicted octanol–water partition coefficient (Wildman–Crippen LogP) is 3.55. The Morgan fingerprint density at radius 1 is 1.38 bits per heavy atom. The molecule has 1 aromatic heterocycles. The molecule has 1 spiro atoms. The van der Waals surface area contributed by atoms with Crippen molar-refractivity contribution < 1.29 is 0 Å². The Labute approximate surface area is 133 Å². The second-order valence-electron chi connectivity index (χ2n) is 7.97. The van der Waals surface area contributed by atoms with Gasteiger partial charge in [0, 0.05) is 35.5 Å². The molecule has 1 N–H and O–H groups in total. The maximum Gasteiger partial charge on any atom is 0.107 e. The van der Waals surface area contributed by atoms with E-state index in [-0.39, 0.29) is 5.41 Å². The Hall–Kier alpha value is -0.450. The van der Waals surface area contributed by atoms with Gasteiger partial charge in [-0.05, 0) is 19.8 Å². The topological polar surface area (TPSA) is 28.2 Å². The number of hydrogen-bond acceptors (Lipinski definition) is 4.